The molecule has 7 nitrogen and oxygen atoms in total. The molecule has 2 aromatic rings. The van der Waals surface area contributed by atoms with Gasteiger partial charge in [0, 0.05) is 42.9 Å². The maximum Gasteiger partial charge on any atom is 0.311 e. The molecule has 1 aliphatic heterocycles. The molecular formula is C19H24FN5O2S. The second-order valence-electron chi connectivity index (χ2n) is 6.99. The van der Waals surface area contributed by atoms with Crippen molar-refractivity contribution in [3.63, 3.8) is 0 Å². The van der Waals surface area contributed by atoms with Gasteiger partial charge in [-0.15, -0.1) is 0 Å². The largest absolute Gasteiger partial charge is 0.370 e. The SMILES string of the molecule is CC(C)CNc1ccc([N+](=O)[O-])c(Nc2ccc(N3CCSCC3)c(F)c2)n1. The highest BCUT2D eigenvalue weighted by atomic mass is 32.2. The van der Waals surface area contributed by atoms with E-state index >= 15 is 0 Å². The van der Waals surface area contributed by atoms with Gasteiger partial charge in [-0.3, -0.25) is 10.1 Å². The number of anilines is 4. The molecule has 9 heteroatoms. The molecule has 3 rings (SSSR count). The van der Waals surface area contributed by atoms with Crippen molar-refractivity contribution >= 4 is 40.5 Å². The number of hydrogen-bond acceptors (Lipinski definition) is 7. The Balaban J connectivity index is 1.82. The zero-order chi connectivity index (χ0) is 20.1. The van der Waals surface area contributed by atoms with Crippen LogP contribution < -0.4 is 15.5 Å². The van der Waals surface area contributed by atoms with Crippen molar-refractivity contribution in [3.8, 4) is 0 Å². The van der Waals surface area contributed by atoms with Gasteiger partial charge in [0.05, 0.1) is 10.6 Å². The van der Waals surface area contributed by atoms with E-state index in [1.165, 1.54) is 12.1 Å². The number of pyridine rings is 1. The van der Waals surface area contributed by atoms with E-state index in [4.69, 9.17) is 0 Å². The number of halogens is 1. The average molecular weight is 405 g/mol. The first-order valence-corrected chi connectivity index (χ1v) is 10.4. The van der Waals surface area contributed by atoms with E-state index in [1.807, 2.05) is 16.7 Å². The molecule has 0 amide bonds. The van der Waals surface area contributed by atoms with Crippen molar-refractivity contribution in [3.05, 3.63) is 46.3 Å². The summed E-state index contributed by atoms with van der Waals surface area (Å²) >= 11 is 1.86. The third kappa shape index (κ3) is 5.03. The van der Waals surface area contributed by atoms with Gasteiger partial charge in [0.1, 0.15) is 11.6 Å². The van der Waals surface area contributed by atoms with E-state index in [1.54, 1.807) is 18.2 Å². The maximum absolute atomic E-state index is 14.6. The monoisotopic (exact) mass is 405 g/mol. The Labute approximate surface area is 167 Å². The molecule has 0 unspecified atom stereocenters. The van der Waals surface area contributed by atoms with Crippen molar-refractivity contribution in [2.45, 2.75) is 13.8 Å². The predicted molar refractivity (Wildman–Crippen MR) is 113 cm³/mol. The lowest BCUT2D eigenvalue weighted by Gasteiger charge is -2.29. The number of benzene rings is 1. The lowest BCUT2D eigenvalue weighted by molar-refractivity contribution is -0.384. The van der Waals surface area contributed by atoms with Crippen molar-refractivity contribution in [2.24, 2.45) is 5.92 Å². The second-order valence-corrected chi connectivity index (χ2v) is 8.21. The van der Waals surface area contributed by atoms with Crippen molar-refractivity contribution in [2.75, 3.05) is 46.7 Å². The molecule has 0 saturated carbocycles. The highest BCUT2D eigenvalue weighted by Crippen LogP contribution is 2.30. The van der Waals surface area contributed by atoms with Crippen LogP contribution in [0.4, 0.5) is 33.1 Å². The van der Waals surface area contributed by atoms with E-state index in [0.717, 1.165) is 24.6 Å². The summed E-state index contributed by atoms with van der Waals surface area (Å²) in [7, 11) is 0. The molecule has 28 heavy (non-hydrogen) atoms. The number of hydrogen-bond donors (Lipinski definition) is 2. The summed E-state index contributed by atoms with van der Waals surface area (Å²) in [6.07, 6.45) is 0. The molecule has 0 spiro atoms. The molecule has 2 N–H and O–H groups in total. The Morgan fingerprint density at radius 1 is 1.29 bits per heavy atom. The number of nitrogens with one attached hydrogen (secondary N) is 2. The molecular weight excluding hydrogens is 381 g/mol. The molecule has 0 radical (unpaired) electrons. The fraction of sp³-hybridized carbons (Fsp3) is 0.421. The van der Waals surface area contributed by atoms with E-state index < -0.39 is 4.92 Å². The summed E-state index contributed by atoms with van der Waals surface area (Å²) in [5.41, 5.74) is 0.817. The standard InChI is InChI=1S/C19H24FN5O2S/c1-13(2)12-21-18-6-5-17(25(26)27)19(23-18)22-14-3-4-16(15(20)11-14)24-7-9-28-10-8-24/h3-6,11,13H,7-10,12H2,1-2H3,(H2,21,22,23). The van der Waals surface area contributed by atoms with Crippen LogP contribution in [0.3, 0.4) is 0 Å². The topological polar surface area (TPSA) is 83.3 Å². The maximum atomic E-state index is 14.6. The Bertz CT molecular complexity index is 843. The van der Waals surface area contributed by atoms with E-state index in [-0.39, 0.29) is 17.3 Å². The zero-order valence-electron chi connectivity index (χ0n) is 15.9. The van der Waals surface area contributed by atoms with Crippen LogP contribution in [-0.4, -0.2) is 41.0 Å². The minimum atomic E-state index is -0.502. The van der Waals surface area contributed by atoms with Crippen LogP contribution in [0.25, 0.3) is 0 Å². The molecule has 1 aliphatic rings. The number of aromatic nitrogens is 1. The zero-order valence-corrected chi connectivity index (χ0v) is 16.8. The summed E-state index contributed by atoms with van der Waals surface area (Å²) in [4.78, 5) is 17.2. The highest BCUT2D eigenvalue weighted by molar-refractivity contribution is 7.99. The quantitative estimate of drug-likeness (QED) is 0.518. The van der Waals surface area contributed by atoms with E-state index in [0.29, 0.717) is 29.7 Å². The first kappa shape index (κ1) is 20.2. The van der Waals surface area contributed by atoms with Gasteiger partial charge in [0.2, 0.25) is 5.82 Å². The molecule has 1 aromatic heterocycles. The fourth-order valence-corrected chi connectivity index (χ4v) is 3.78. The van der Waals surface area contributed by atoms with Gasteiger partial charge < -0.3 is 15.5 Å². The van der Waals surface area contributed by atoms with Gasteiger partial charge >= 0.3 is 5.69 Å². The molecule has 1 aromatic carbocycles. The average Bonchev–Trinajstić information content (AvgIpc) is 2.67. The second kappa shape index (κ2) is 9.09. The van der Waals surface area contributed by atoms with Crippen LogP contribution in [0, 0.1) is 21.8 Å². The van der Waals surface area contributed by atoms with Crippen molar-refractivity contribution in [1.82, 2.24) is 4.98 Å². The van der Waals surface area contributed by atoms with E-state index in [2.05, 4.69) is 29.5 Å². The smallest absolute Gasteiger partial charge is 0.311 e. The van der Waals surface area contributed by atoms with Crippen LogP contribution in [0.15, 0.2) is 30.3 Å². The lowest BCUT2D eigenvalue weighted by Crippen LogP contribution is -2.33. The first-order valence-electron chi connectivity index (χ1n) is 9.22. The predicted octanol–water partition coefficient (Wildman–Crippen LogP) is 4.49. The van der Waals surface area contributed by atoms with Gasteiger partial charge in [-0.2, -0.15) is 11.8 Å². The summed E-state index contributed by atoms with van der Waals surface area (Å²) in [6, 6.07) is 7.76. The lowest BCUT2D eigenvalue weighted by atomic mass is 10.2. The molecule has 150 valence electrons. The first-order chi connectivity index (χ1) is 13.4. The van der Waals surface area contributed by atoms with Crippen molar-refractivity contribution < 1.29 is 9.31 Å². The minimum absolute atomic E-state index is 0.0836. The molecule has 0 bridgehead atoms. The fourth-order valence-electron chi connectivity index (χ4n) is 2.88. The third-order valence-electron chi connectivity index (χ3n) is 4.32. The number of rotatable bonds is 7. The summed E-state index contributed by atoms with van der Waals surface area (Å²) in [6.45, 7) is 6.43. The Morgan fingerprint density at radius 2 is 2.04 bits per heavy atom. The Hall–Kier alpha value is -2.55. The molecule has 1 saturated heterocycles. The molecule has 0 atom stereocenters. The Morgan fingerprint density at radius 3 is 2.68 bits per heavy atom. The van der Waals surface area contributed by atoms with Gasteiger partial charge in [-0.25, -0.2) is 9.37 Å². The summed E-state index contributed by atoms with van der Waals surface area (Å²) in [5, 5.41) is 17.4. The van der Waals surface area contributed by atoms with Crippen molar-refractivity contribution in [1.29, 1.82) is 0 Å². The van der Waals surface area contributed by atoms with Crippen LogP contribution in [0.2, 0.25) is 0 Å². The Kier molecular flexibility index (Phi) is 6.56. The normalized spacial score (nSPS) is 14.2. The van der Waals surface area contributed by atoms with Crippen LogP contribution in [0.1, 0.15) is 13.8 Å². The molecule has 2 heterocycles. The van der Waals surface area contributed by atoms with Gasteiger partial charge in [-0.05, 0) is 30.2 Å². The highest BCUT2D eigenvalue weighted by Gasteiger charge is 2.19. The summed E-state index contributed by atoms with van der Waals surface area (Å²) in [5.74, 6) is 2.62. The van der Waals surface area contributed by atoms with Gasteiger partial charge in [0.15, 0.2) is 0 Å². The molecule has 1 fully saturated rings. The molecule has 0 aliphatic carbocycles. The van der Waals surface area contributed by atoms with E-state index in [9.17, 15) is 14.5 Å². The number of nitro groups is 1. The van der Waals surface area contributed by atoms with Gasteiger partial charge in [0.25, 0.3) is 0 Å². The van der Waals surface area contributed by atoms with Crippen LogP contribution >= 0.6 is 11.8 Å². The van der Waals surface area contributed by atoms with Crippen LogP contribution in [-0.2, 0) is 0 Å². The number of thioether (sulfide) groups is 1. The van der Waals surface area contributed by atoms with Crippen LogP contribution in [0.5, 0.6) is 0 Å². The third-order valence-corrected chi connectivity index (χ3v) is 5.27. The number of nitrogens with zero attached hydrogens (tertiary/aromatic N) is 3. The summed E-state index contributed by atoms with van der Waals surface area (Å²) < 4.78 is 14.6. The minimum Gasteiger partial charge on any atom is -0.370 e. The van der Waals surface area contributed by atoms with Gasteiger partial charge in [-0.1, -0.05) is 13.8 Å².